The van der Waals surface area contributed by atoms with Gasteiger partial charge in [-0.15, -0.1) is 0 Å². The predicted octanol–water partition coefficient (Wildman–Crippen LogP) is 3.51. The Bertz CT molecular complexity index is 1070. The van der Waals surface area contributed by atoms with Gasteiger partial charge >= 0.3 is 5.76 Å². The molecule has 152 valence electrons. The van der Waals surface area contributed by atoms with Crippen LogP contribution in [0.3, 0.4) is 0 Å². The van der Waals surface area contributed by atoms with Crippen LogP contribution in [0.2, 0.25) is 5.02 Å². The Morgan fingerprint density at radius 1 is 1.17 bits per heavy atom. The van der Waals surface area contributed by atoms with Crippen molar-refractivity contribution in [3.05, 3.63) is 69.2 Å². The standard InChI is InChI=1S/C22H24ClN3O3/c1-15-4-6-16(7-5-15)19(25-10-2-3-11-25)13-24-21(27)14-26-18-12-17(23)8-9-20(18)29-22(26)28/h4-9,12,19H,2-3,10-11,13-14H2,1H3,(H,24,27)/t19-/m1/s1. The molecule has 4 rings (SSSR count). The number of hydrogen-bond donors (Lipinski definition) is 1. The van der Waals surface area contributed by atoms with Crippen molar-refractivity contribution in [1.82, 2.24) is 14.8 Å². The van der Waals surface area contributed by atoms with Gasteiger partial charge in [-0.25, -0.2) is 4.79 Å². The first-order chi connectivity index (χ1) is 14.0. The van der Waals surface area contributed by atoms with E-state index in [2.05, 4.69) is 41.4 Å². The molecule has 2 heterocycles. The van der Waals surface area contributed by atoms with Gasteiger partial charge in [0.05, 0.1) is 11.6 Å². The summed E-state index contributed by atoms with van der Waals surface area (Å²) in [5, 5.41) is 3.49. The second-order valence-corrected chi connectivity index (χ2v) is 7.98. The lowest BCUT2D eigenvalue weighted by atomic mass is 10.0. The quantitative estimate of drug-likeness (QED) is 0.671. The first-order valence-electron chi connectivity index (χ1n) is 9.87. The van der Waals surface area contributed by atoms with Gasteiger partial charge in [0.1, 0.15) is 6.54 Å². The summed E-state index contributed by atoms with van der Waals surface area (Å²) in [6, 6.07) is 13.5. The van der Waals surface area contributed by atoms with Crippen molar-refractivity contribution in [3.63, 3.8) is 0 Å². The minimum Gasteiger partial charge on any atom is -0.408 e. The van der Waals surface area contributed by atoms with Crippen LogP contribution in [-0.2, 0) is 11.3 Å². The number of aromatic nitrogens is 1. The van der Waals surface area contributed by atoms with Crippen molar-refractivity contribution >= 4 is 28.6 Å². The Hall–Kier alpha value is -2.57. The molecule has 2 aromatic carbocycles. The Balaban J connectivity index is 1.48. The van der Waals surface area contributed by atoms with Crippen LogP contribution in [0.1, 0.15) is 30.0 Å². The van der Waals surface area contributed by atoms with E-state index < -0.39 is 5.76 Å². The highest BCUT2D eigenvalue weighted by Gasteiger charge is 2.24. The third-order valence-corrected chi connectivity index (χ3v) is 5.70. The molecule has 1 saturated heterocycles. The fraction of sp³-hybridized carbons (Fsp3) is 0.364. The van der Waals surface area contributed by atoms with E-state index in [-0.39, 0.29) is 18.5 Å². The molecule has 0 bridgehead atoms. The maximum atomic E-state index is 12.6. The van der Waals surface area contributed by atoms with Crippen LogP contribution in [0.5, 0.6) is 0 Å². The average molecular weight is 414 g/mol. The predicted molar refractivity (Wildman–Crippen MR) is 113 cm³/mol. The van der Waals surface area contributed by atoms with Gasteiger partial charge in [0.25, 0.3) is 0 Å². The van der Waals surface area contributed by atoms with E-state index in [9.17, 15) is 9.59 Å². The van der Waals surface area contributed by atoms with Crippen molar-refractivity contribution in [2.24, 2.45) is 0 Å². The molecule has 0 aliphatic carbocycles. The SMILES string of the molecule is Cc1ccc([C@@H](CNC(=O)Cn2c(=O)oc3ccc(Cl)cc32)N2CCCC2)cc1. The van der Waals surface area contributed by atoms with Gasteiger partial charge in [-0.3, -0.25) is 14.3 Å². The first-order valence-corrected chi connectivity index (χ1v) is 10.3. The fourth-order valence-corrected chi connectivity index (χ4v) is 4.06. The molecular weight excluding hydrogens is 390 g/mol. The minimum absolute atomic E-state index is 0.104. The summed E-state index contributed by atoms with van der Waals surface area (Å²) < 4.78 is 6.52. The van der Waals surface area contributed by atoms with Crippen LogP contribution in [0.25, 0.3) is 11.1 Å². The summed E-state index contributed by atoms with van der Waals surface area (Å²) in [6.45, 7) is 4.51. The summed E-state index contributed by atoms with van der Waals surface area (Å²) >= 11 is 6.03. The molecule has 3 aromatic rings. The Morgan fingerprint density at radius 2 is 1.90 bits per heavy atom. The number of aryl methyl sites for hydroxylation is 1. The molecule has 1 aliphatic rings. The van der Waals surface area contributed by atoms with Crippen LogP contribution < -0.4 is 11.1 Å². The summed E-state index contributed by atoms with van der Waals surface area (Å²) in [5.74, 6) is -0.793. The number of nitrogens with zero attached hydrogens (tertiary/aromatic N) is 2. The van der Waals surface area contributed by atoms with Crippen LogP contribution >= 0.6 is 11.6 Å². The van der Waals surface area contributed by atoms with Crippen molar-refractivity contribution in [2.45, 2.75) is 32.4 Å². The molecule has 1 fully saturated rings. The summed E-state index contributed by atoms with van der Waals surface area (Å²) in [6.07, 6.45) is 2.35. The molecular formula is C22H24ClN3O3. The van der Waals surface area contributed by atoms with Crippen LogP contribution in [0.15, 0.2) is 51.7 Å². The smallest absolute Gasteiger partial charge is 0.408 e. The highest BCUT2D eigenvalue weighted by molar-refractivity contribution is 6.31. The van der Waals surface area contributed by atoms with Crippen molar-refractivity contribution in [3.8, 4) is 0 Å². The molecule has 0 saturated carbocycles. The third-order valence-electron chi connectivity index (χ3n) is 5.47. The van der Waals surface area contributed by atoms with E-state index in [0.717, 1.165) is 13.1 Å². The number of carbonyl (C=O) groups excluding carboxylic acids is 1. The number of halogens is 1. The molecule has 29 heavy (non-hydrogen) atoms. The lowest BCUT2D eigenvalue weighted by Crippen LogP contribution is -2.38. The van der Waals surface area contributed by atoms with Crippen LogP contribution in [-0.4, -0.2) is 35.0 Å². The number of carbonyl (C=O) groups is 1. The fourth-order valence-electron chi connectivity index (χ4n) is 3.89. The largest absolute Gasteiger partial charge is 0.420 e. The number of amides is 1. The molecule has 6 nitrogen and oxygen atoms in total. The molecule has 0 spiro atoms. The topological polar surface area (TPSA) is 67.5 Å². The van der Waals surface area contributed by atoms with Gasteiger partial charge in [-0.1, -0.05) is 41.4 Å². The highest BCUT2D eigenvalue weighted by atomic mass is 35.5. The van der Waals surface area contributed by atoms with Gasteiger partial charge in [0.2, 0.25) is 5.91 Å². The van der Waals surface area contributed by atoms with E-state index in [1.54, 1.807) is 18.2 Å². The minimum atomic E-state index is -0.563. The van der Waals surface area contributed by atoms with E-state index in [1.165, 1.54) is 28.5 Å². The van der Waals surface area contributed by atoms with Crippen LogP contribution in [0.4, 0.5) is 0 Å². The van der Waals surface area contributed by atoms with E-state index in [4.69, 9.17) is 16.0 Å². The van der Waals surface area contributed by atoms with Gasteiger partial charge in [-0.2, -0.15) is 0 Å². The van der Waals surface area contributed by atoms with Crippen molar-refractivity contribution in [2.75, 3.05) is 19.6 Å². The average Bonchev–Trinajstić information content (AvgIpc) is 3.33. The zero-order chi connectivity index (χ0) is 20.4. The number of fused-ring (bicyclic) bond motifs is 1. The number of rotatable bonds is 6. The van der Waals surface area contributed by atoms with Gasteiger partial charge in [-0.05, 0) is 56.6 Å². The number of likely N-dealkylation sites (tertiary alicyclic amines) is 1. The first kappa shape index (κ1) is 19.7. The number of hydrogen-bond acceptors (Lipinski definition) is 4. The van der Waals surface area contributed by atoms with Crippen molar-refractivity contribution in [1.29, 1.82) is 0 Å². The summed E-state index contributed by atoms with van der Waals surface area (Å²) in [4.78, 5) is 27.2. The molecule has 0 unspecified atom stereocenters. The molecule has 0 radical (unpaired) electrons. The lowest BCUT2D eigenvalue weighted by Gasteiger charge is -2.28. The van der Waals surface area contributed by atoms with Crippen LogP contribution in [0, 0.1) is 6.92 Å². The Morgan fingerprint density at radius 3 is 2.62 bits per heavy atom. The monoisotopic (exact) mass is 413 g/mol. The van der Waals surface area contributed by atoms with E-state index in [0.29, 0.717) is 22.7 Å². The summed E-state index contributed by atoms with van der Waals surface area (Å²) in [7, 11) is 0. The molecule has 1 amide bonds. The van der Waals surface area contributed by atoms with Crippen molar-refractivity contribution < 1.29 is 9.21 Å². The Labute approximate surface area is 174 Å². The Kier molecular flexibility index (Phi) is 5.74. The highest BCUT2D eigenvalue weighted by Crippen LogP contribution is 2.25. The van der Waals surface area contributed by atoms with Gasteiger partial charge < -0.3 is 9.73 Å². The molecule has 1 N–H and O–H groups in total. The van der Waals surface area contributed by atoms with Gasteiger partial charge in [0.15, 0.2) is 5.58 Å². The molecule has 1 atom stereocenters. The zero-order valence-electron chi connectivity index (χ0n) is 16.4. The summed E-state index contributed by atoms with van der Waals surface area (Å²) in [5.41, 5.74) is 3.34. The maximum Gasteiger partial charge on any atom is 0.420 e. The second kappa shape index (κ2) is 8.43. The lowest BCUT2D eigenvalue weighted by molar-refractivity contribution is -0.121. The van der Waals surface area contributed by atoms with E-state index >= 15 is 0 Å². The zero-order valence-corrected chi connectivity index (χ0v) is 17.1. The second-order valence-electron chi connectivity index (χ2n) is 7.54. The van der Waals surface area contributed by atoms with Gasteiger partial charge in [0, 0.05) is 11.6 Å². The molecule has 1 aromatic heterocycles. The number of benzene rings is 2. The maximum absolute atomic E-state index is 12.6. The third kappa shape index (κ3) is 4.38. The van der Waals surface area contributed by atoms with E-state index in [1.807, 2.05) is 0 Å². The number of oxazole rings is 1. The number of nitrogens with one attached hydrogen (secondary N) is 1. The molecule has 1 aliphatic heterocycles. The molecule has 7 heteroatoms. The normalized spacial score (nSPS) is 15.7.